The van der Waals surface area contributed by atoms with Crippen molar-refractivity contribution in [3.63, 3.8) is 0 Å². The molecule has 7 nitrogen and oxygen atoms in total. The van der Waals surface area contributed by atoms with Crippen LogP contribution in [0.25, 0.3) is 0 Å². The highest BCUT2D eigenvalue weighted by Crippen LogP contribution is 2.28. The van der Waals surface area contributed by atoms with Crippen LogP contribution in [0.5, 0.6) is 5.75 Å². The third-order valence-corrected chi connectivity index (χ3v) is 2.30. The molecule has 0 spiro atoms. The molecule has 4 N–H and O–H groups in total. The van der Waals surface area contributed by atoms with Gasteiger partial charge in [0.05, 0.1) is 5.56 Å². The number of carbonyl (C=O) groups is 2. The first-order valence-corrected chi connectivity index (χ1v) is 5.24. The first-order chi connectivity index (χ1) is 9.51. The van der Waals surface area contributed by atoms with Gasteiger partial charge in [0.15, 0.2) is 6.10 Å². The van der Waals surface area contributed by atoms with Gasteiger partial charge in [-0.3, -0.25) is 0 Å². The van der Waals surface area contributed by atoms with Gasteiger partial charge in [-0.2, -0.15) is 0 Å². The summed E-state index contributed by atoms with van der Waals surface area (Å²) in [4.78, 5) is 21.3. The van der Waals surface area contributed by atoms with E-state index in [1.807, 2.05) is 0 Å². The molecule has 116 valence electrons. The van der Waals surface area contributed by atoms with E-state index in [2.05, 4.69) is 4.74 Å². The second-order valence-electron chi connectivity index (χ2n) is 3.87. The van der Waals surface area contributed by atoms with Gasteiger partial charge in [0.1, 0.15) is 11.9 Å². The van der Waals surface area contributed by atoms with E-state index in [-0.39, 0.29) is 0 Å². The van der Waals surface area contributed by atoms with Gasteiger partial charge in [-0.05, 0) is 23.8 Å². The molecule has 1 aromatic carbocycles. The van der Waals surface area contributed by atoms with Gasteiger partial charge in [0.25, 0.3) is 0 Å². The molecule has 21 heavy (non-hydrogen) atoms. The van der Waals surface area contributed by atoms with Crippen LogP contribution >= 0.6 is 0 Å². The smallest absolute Gasteiger partial charge is 0.479 e. The molecule has 0 amide bonds. The summed E-state index contributed by atoms with van der Waals surface area (Å²) < 4.78 is 39.9. The summed E-state index contributed by atoms with van der Waals surface area (Å²) >= 11 is 0. The van der Waals surface area contributed by atoms with Crippen molar-refractivity contribution in [2.45, 2.75) is 18.6 Å². The zero-order valence-corrected chi connectivity index (χ0v) is 10.0. The Balaban J connectivity index is 3.25. The molecule has 0 saturated carbocycles. The topological polar surface area (TPSA) is 124 Å². The van der Waals surface area contributed by atoms with Gasteiger partial charge in [0, 0.05) is 0 Å². The second-order valence-corrected chi connectivity index (χ2v) is 3.87. The Morgan fingerprint density at radius 2 is 1.67 bits per heavy atom. The highest BCUT2D eigenvalue weighted by molar-refractivity contribution is 5.88. The van der Waals surface area contributed by atoms with E-state index >= 15 is 0 Å². The zero-order valence-electron chi connectivity index (χ0n) is 10.0. The lowest BCUT2D eigenvalue weighted by Crippen LogP contribution is -2.27. The summed E-state index contributed by atoms with van der Waals surface area (Å²) in [5.41, 5.74) is -1.23. The Bertz CT molecular complexity index is 555. The number of alkyl halides is 3. The van der Waals surface area contributed by atoms with Crippen molar-refractivity contribution < 1.29 is 47.9 Å². The number of rotatable bonds is 5. The molecule has 1 aromatic rings. The number of halogens is 3. The number of aliphatic hydroxyl groups is 2. The minimum atomic E-state index is -5.11. The summed E-state index contributed by atoms with van der Waals surface area (Å²) in [6.45, 7) is 0. The lowest BCUT2D eigenvalue weighted by Gasteiger charge is -2.17. The van der Waals surface area contributed by atoms with E-state index in [1.54, 1.807) is 0 Å². The lowest BCUT2D eigenvalue weighted by atomic mass is 10.0. The lowest BCUT2D eigenvalue weighted by molar-refractivity contribution is -0.274. The molecule has 0 aromatic heterocycles. The van der Waals surface area contributed by atoms with Crippen molar-refractivity contribution in [1.29, 1.82) is 0 Å². The molecular weight excluding hydrogens is 301 g/mol. The first-order valence-electron chi connectivity index (χ1n) is 5.24. The predicted molar refractivity (Wildman–Crippen MR) is 58.7 cm³/mol. The summed E-state index contributed by atoms with van der Waals surface area (Å²) in [6, 6.07) is 1.85. The van der Waals surface area contributed by atoms with Crippen molar-refractivity contribution in [1.82, 2.24) is 0 Å². The summed E-state index contributed by atoms with van der Waals surface area (Å²) in [5.74, 6) is -4.42. The number of hydrogen-bond acceptors (Lipinski definition) is 5. The van der Waals surface area contributed by atoms with Crippen LogP contribution in [0.4, 0.5) is 13.2 Å². The SMILES string of the molecule is O=C(O)c1cc(OC(F)(F)F)cc(C(O)C(O)C(=O)O)c1. The number of benzene rings is 1. The first kappa shape index (κ1) is 16.7. The van der Waals surface area contributed by atoms with E-state index in [9.17, 15) is 27.9 Å². The molecule has 0 fully saturated rings. The molecule has 2 unspecified atom stereocenters. The highest BCUT2D eigenvalue weighted by atomic mass is 19.4. The van der Waals surface area contributed by atoms with Crippen LogP contribution in [0.2, 0.25) is 0 Å². The van der Waals surface area contributed by atoms with Gasteiger partial charge in [-0.15, -0.1) is 13.2 Å². The molecule has 0 radical (unpaired) electrons. The molecule has 0 aliphatic carbocycles. The Morgan fingerprint density at radius 3 is 2.10 bits per heavy atom. The fraction of sp³-hybridized carbons (Fsp3) is 0.273. The van der Waals surface area contributed by atoms with Crippen LogP contribution in [0, 0.1) is 0 Å². The van der Waals surface area contributed by atoms with Gasteiger partial charge in [-0.25, -0.2) is 9.59 Å². The maximum absolute atomic E-state index is 12.1. The van der Waals surface area contributed by atoms with Crippen molar-refractivity contribution in [2.24, 2.45) is 0 Å². The Hall–Kier alpha value is -2.33. The van der Waals surface area contributed by atoms with Crippen LogP contribution in [0.15, 0.2) is 18.2 Å². The predicted octanol–water partition coefficient (Wildman–Crippen LogP) is 0.762. The fourth-order valence-electron chi connectivity index (χ4n) is 1.43. The molecule has 0 bridgehead atoms. The minimum Gasteiger partial charge on any atom is -0.479 e. The molecule has 2 atom stereocenters. The standard InChI is InChI=1S/C11H9F3O7/c12-11(13,14)21-6-2-4(1-5(3-6)9(17)18)7(15)8(16)10(19)20/h1-3,7-8,15-16H,(H,17,18)(H,19,20). The van der Waals surface area contributed by atoms with Crippen LogP contribution in [-0.4, -0.2) is 44.8 Å². The van der Waals surface area contributed by atoms with Crippen LogP contribution in [-0.2, 0) is 4.79 Å². The molecule has 0 saturated heterocycles. The molecule has 0 heterocycles. The number of carboxylic acid groups (broad SMARTS) is 2. The third kappa shape index (κ3) is 4.61. The molecular formula is C11H9F3O7. The number of ether oxygens (including phenoxy) is 1. The van der Waals surface area contributed by atoms with Crippen molar-refractivity contribution in [3.8, 4) is 5.75 Å². The van der Waals surface area contributed by atoms with Crippen LogP contribution in [0.1, 0.15) is 22.0 Å². The summed E-state index contributed by atoms with van der Waals surface area (Å²) in [7, 11) is 0. The molecule has 0 aliphatic heterocycles. The average molecular weight is 310 g/mol. The largest absolute Gasteiger partial charge is 0.573 e. The molecule has 1 rings (SSSR count). The minimum absolute atomic E-state index is 0.541. The van der Waals surface area contributed by atoms with Crippen molar-refractivity contribution in [2.75, 3.05) is 0 Å². The normalized spacial score (nSPS) is 14.3. The van der Waals surface area contributed by atoms with Gasteiger partial charge < -0.3 is 25.2 Å². The molecule has 10 heteroatoms. The maximum Gasteiger partial charge on any atom is 0.573 e. The van der Waals surface area contributed by atoms with Crippen LogP contribution in [0.3, 0.4) is 0 Å². The van der Waals surface area contributed by atoms with Crippen molar-refractivity contribution in [3.05, 3.63) is 29.3 Å². The maximum atomic E-state index is 12.1. The number of aliphatic hydroxyl groups excluding tert-OH is 2. The monoisotopic (exact) mass is 310 g/mol. The number of aliphatic carboxylic acids is 1. The Labute approximate surface area is 114 Å². The zero-order chi connectivity index (χ0) is 16.4. The quantitative estimate of drug-likeness (QED) is 0.633. The van der Waals surface area contributed by atoms with E-state index in [1.165, 1.54) is 0 Å². The van der Waals surface area contributed by atoms with Gasteiger partial charge >= 0.3 is 18.3 Å². The van der Waals surface area contributed by atoms with Gasteiger partial charge in [-0.1, -0.05) is 0 Å². The fourth-order valence-corrected chi connectivity index (χ4v) is 1.43. The highest BCUT2D eigenvalue weighted by Gasteiger charge is 2.32. The Kier molecular flexibility index (Phi) is 4.76. The van der Waals surface area contributed by atoms with E-state index in [4.69, 9.17) is 15.3 Å². The van der Waals surface area contributed by atoms with Crippen LogP contribution < -0.4 is 4.74 Å². The third-order valence-electron chi connectivity index (χ3n) is 2.30. The summed E-state index contributed by atoms with van der Waals surface area (Å²) in [5, 5.41) is 35.9. The number of carboxylic acids is 2. The van der Waals surface area contributed by atoms with E-state index in [0.29, 0.717) is 12.1 Å². The average Bonchev–Trinajstić information content (AvgIpc) is 2.34. The van der Waals surface area contributed by atoms with E-state index < -0.39 is 47.4 Å². The van der Waals surface area contributed by atoms with Crippen molar-refractivity contribution >= 4 is 11.9 Å². The number of hydrogen-bond donors (Lipinski definition) is 4. The summed E-state index contributed by atoms with van der Waals surface area (Å²) in [6.07, 6.45) is -9.57. The van der Waals surface area contributed by atoms with E-state index in [0.717, 1.165) is 6.07 Å². The second kappa shape index (κ2) is 5.97. The number of aromatic carboxylic acids is 1. The Morgan fingerprint density at radius 1 is 1.10 bits per heavy atom. The van der Waals surface area contributed by atoms with Gasteiger partial charge in [0.2, 0.25) is 0 Å². The molecule has 0 aliphatic rings.